The van der Waals surface area contributed by atoms with Crippen LogP contribution in [0.5, 0.6) is 0 Å². The molecule has 0 bridgehead atoms. The van der Waals surface area contributed by atoms with Crippen molar-refractivity contribution in [3.8, 4) is 0 Å². The van der Waals surface area contributed by atoms with Crippen LogP contribution < -0.4 is 0 Å². The zero-order chi connectivity index (χ0) is 25.2. The molecular formula is C31H42Cl2HfSi. The molecule has 0 fully saturated rings. The van der Waals surface area contributed by atoms with E-state index >= 15 is 0 Å². The van der Waals surface area contributed by atoms with Crippen LogP contribution >= 0.6 is 17.2 Å². The van der Waals surface area contributed by atoms with Crippen molar-refractivity contribution in [1.29, 1.82) is 0 Å². The summed E-state index contributed by atoms with van der Waals surface area (Å²) in [4.78, 5) is 0. The van der Waals surface area contributed by atoms with Gasteiger partial charge in [0.1, 0.15) is 0 Å². The Kier molecular flexibility index (Phi) is 8.79. The number of halogens is 2. The Hall–Kier alpha value is -0.413. The first-order valence-corrected chi connectivity index (χ1v) is 34.6. The molecule has 0 spiro atoms. The van der Waals surface area contributed by atoms with Gasteiger partial charge in [0.2, 0.25) is 0 Å². The van der Waals surface area contributed by atoms with Crippen molar-refractivity contribution in [3.63, 3.8) is 0 Å². The normalized spacial score (nSPS) is 19.3. The molecule has 0 aliphatic heterocycles. The van der Waals surface area contributed by atoms with Crippen molar-refractivity contribution >= 4 is 35.5 Å². The number of allylic oxidation sites excluding steroid dienone is 2. The quantitative estimate of drug-likeness (QED) is 0.172. The number of fused-ring (bicyclic) bond motifs is 2. The van der Waals surface area contributed by atoms with Crippen molar-refractivity contribution in [1.82, 2.24) is 0 Å². The minimum absolute atomic E-state index is 0.00196. The van der Waals surface area contributed by atoms with Crippen molar-refractivity contribution in [2.45, 2.75) is 93.0 Å². The molecule has 4 rings (SSSR count). The van der Waals surface area contributed by atoms with Gasteiger partial charge in [0.15, 0.2) is 0 Å². The molecule has 2 aliphatic rings. The summed E-state index contributed by atoms with van der Waals surface area (Å²) in [5, 5.41) is 0. The predicted molar refractivity (Wildman–Crippen MR) is 157 cm³/mol. The summed E-state index contributed by atoms with van der Waals surface area (Å²) in [6.45, 7) is 11.4. The number of rotatable bonds is 10. The maximum atomic E-state index is 8.42. The van der Waals surface area contributed by atoms with E-state index in [2.05, 4.69) is 83.2 Å². The third kappa shape index (κ3) is 4.80. The van der Waals surface area contributed by atoms with E-state index in [0.717, 1.165) is 25.7 Å². The van der Waals surface area contributed by atoms with E-state index in [1.807, 2.05) is 0 Å². The zero-order valence-electron chi connectivity index (χ0n) is 22.3. The Morgan fingerprint density at radius 2 is 1.17 bits per heavy atom. The summed E-state index contributed by atoms with van der Waals surface area (Å²) < 4.78 is 0.490. The standard InChI is InChI=1S/2C13H15.C5H12Si.2ClH.Hf/c2*1-3-10-8-12-7-5-6-11(4-2)13(12)9-10;1-2-3-4-5-6;;;/h2*5-9H,3-4H2,1-2H3;6H,2-5H2,1H3;2*1H;/q;;;;;+2/p-2. The number of unbranched alkanes of at least 4 members (excludes halogenated alkanes) is 2. The Morgan fingerprint density at radius 3 is 1.57 bits per heavy atom. The van der Waals surface area contributed by atoms with E-state index in [1.54, 1.807) is 0 Å². The third-order valence-electron chi connectivity index (χ3n) is 8.51. The van der Waals surface area contributed by atoms with Crippen LogP contribution in [0.3, 0.4) is 0 Å². The van der Waals surface area contributed by atoms with Gasteiger partial charge in [-0.05, 0) is 0 Å². The van der Waals surface area contributed by atoms with Gasteiger partial charge >= 0.3 is 224 Å². The van der Waals surface area contributed by atoms with Crippen LogP contribution in [0.15, 0.2) is 47.5 Å². The van der Waals surface area contributed by atoms with Crippen LogP contribution in [0.1, 0.15) is 107 Å². The molecule has 2 aliphatic carbocycles. The van der Waals surface area contributed by atoms with Crippen LogP contribution in [-0.4, -0.2) is 6.22 Å². The Balaban J connectivity index is 2.01. The summed E-state index contributed by atoms with van der Waals surface area (Å²) in [5.41, 5.74) is 11.6. The van der Waals surface area contributed by atoms with Gasteiger partial charge < -0.3 is 0 Å². The first-order chi connectivity index (χ1) is 16.8. The maximum absolute atomic E-state index is 8.42. The summed E-state index contributed by atoms with van der Waals surface area (Å²) >= 11 is -4.67. The SMILES string of the molecule is CCCCC[SiH]=[Hf]([Cl])([Cl])([CH]1C(CC)=Cc2c(CC)cccc21)[CH]1C(CC)=Cc2c(CC)cccc21. The molecule has 0 saturated heterocycles. The van der Waals surface area contributed by atoms with Crippen LogP contribution in [0.2, 0.25) is 6.04 Å². The molecule has 2 aromatic carbocycles. The molecule has 0 N–H and O–H groups in total. The Morgan fingerprint density at radius 1 is 0.686 bits per heavy atom. The molecule has 35 heavy (non-hydrogen) atoms. The van der Waals surface area contributed by atoms with E-state index in [4.69, 9.17) is 17.2 Å². The molecular weight excluding hydrogens is 650 g/mol. The second kappa shape index (κ2) is 11.1. The Labute approximate surface area is 222 Å². The van der Waals surface area contributed by atoms with Gasteiger partial charge in [-0.1, -0.05) is 0 Å². The van der Waals surface area contributed by atoms with Crippen molar-refractivity contribution in [2.24, 2.45) is 0 Å². The molecule has 0 radical (unpaired) electrons. The average molecular weight is 692 g/mol. The summed E-state index contributed by atoms with van der Waals surface area (Å²) in [5.74, 6) is 0. The van der Waals surface area contributed by atoms with Crippen LogP contribution in [0.4, 0.5) is 0 Å². The number of aryl methyl sites for hydroxylation is 2. The molecule has 188 valence electrons. The van der Waals surface area contributed by atoms with E-state index in [-0.39, 0.29) is 13.6 Å². The van der Waals surface area contributed by atoms with E-state index < -0.39 is 14.8 Å². The molecule has 2 atom stereocenters. The van der Waals surface area contributed by atoms with Crippen molar-refractivity contribution in [2.75, 3.05) is 0 Å². The predicted octanol–water partition coefficient (Wildman–Crippen LogP) is 10.2. The van der Waals surface area contributed by atoms with Crippen LogP contribution in [-0.2, 0) is 27.6 Å². The first-order valence-electron chi connectivity index (χ1n) is 13.9. The summed E-state index contributed by atoms with van der Waals surface area (Å²) in [6.07, 6.45) is 12.9. The van der Waals surface area contributed by atoms with Crippen LogP contribution in [0.25, 0.3) is 12.2 Å². The fraction of sp³-hybridized carbons (Fsp3) is 0.484. The second-order valence-corrected chi connectivity index (χ2v) is 60.4. The summed E-state index contributed by atoms with van der Waals surface area (Å²) in [7, 11) is 16.8. The van der Waals surface area contributed by atoms with E-state index in [9.17, 15) is 0 Å². The van der Waals surface area contributed by atoms with E-state index in [1.165, 1.54) is 69.8 Å². The fourth-order valence-corrected chi connectivity index (χ4v) is 56.2. The minimum atomic E-state index is -4.67. The van der Waals surface area contributed by atoms with Gasteiger partial charge in [-0.15, -0.1) is 0 Å². The third-order valence-corrected chi connectivity index (χ3v) is 54.5. The second-order valence-electron chi connectivity index (χ2n) is 10.5. The van der Waals surface area contributed by atoms with Gasteiger partial charge in [-0.25, -0.2) is 0 Å². The molecule has 0 heterocycles. The monoisotopic (exact) mass is 692 g/mol. The van der Waals surface area contributed by atoms with Gasteiger partial charge in [-0.2, -0.15) is 0 Å². The average Bonchev–Trinajstić information content (AvgIpc) is 3.46. The zero-order valence-corrected chi connectivity index (χ0v) is 28.5. The molecule has 4 heteroatoms. The molecule has 0 saturated carbocycles. The van der Waals surface area contributed by atoms with Crippen molar-refractivity contribution in [3.05, 3.63) is 80.9 Å². The molecule has 0 amide bonds. The van der Waals surface area contributed by atoms with Crippen molar-refractivity contribution < 1.29 is 14.8 Å². The number of hydrogen-bond donors (Lipinski definition) is 0. The van der Waals surface area contributed by atoms with Crippen LogP contribution in [0, 0.1) is 0 Å². The molecule has 0 aromatic heterocycles. The van der Waals surface area contributed by atoms with Gasteiger partial charge in [0, 0.05) is 0 Å². The topological polar surface area (TPSA) is 0 Å². The first kappa shape index (κ1) is 27.6. The van der Waals surface area contributed by atoms with Gasteiger partial charge in [0.25, 0.3) is 0 Å². The van der Waals surface area contributed by atoms with Gasteiger partial charge in [-0.3, -0.25) is 0 Å². The fourth-order valence-electron chi connectivity index (χ4n) is 6.76. The summed E-state index contributed by atoms with van der Waals surface area (Å²) in [6, 6.07) is 15.0. The molecule has 2 unspecified atom stereocenters. The van der Waals surface area contributed by atoms with Gasteiger partial charge in [0.05, 0.1) is 0 Å². The molecule has 2 aromatic rings. The molecule has 0 nitrogen and oxygen atoms in total. The van der Waals surface area contributed by atoms with E-state index in [0.29, 0.717) is 0 Å². The Bertz CT molecular complexity index is 1150. The number of benzene rings is 2. The number of hydrogen-bond acceptors (Lipinski definition) is 0.